The zero-order valence-electron chi connectivity index (χ0n) is 12.9. The van der Waals surface area contributed by atoms with Crippen LogP contribution in [0.4, 0.5) is 5.69 Å². The largest absolute Gasteiger partial charge is 0.507 e. The fourth-order valence-electron chi connectivity index (χ4n) is 1.92. The third kappa shape index (κ3) is 4.82. The lowest BCUT2D eigenvalue weighted by Gasteiger charge is -2.15. The van der Waals surface area contributed by atoms with E-state index in [4.69, 9.17) is 0 Å². The SMILES string of the molecule is Cc1ccccc1N[C@H](C)C(=O)N/N=C\c1cc(Br)ccc1O. The maximum Gasteiger partial charge on any atom is 0.262 e. The molecule has 2 aromatic rings. The average molecular weight is 376 g/mol. The van der Waals surface area contributed by atoms with Crippen molar-refractivity contribution in [2.24, 2.45) is 5.10 Å². The minimum absolute atomic E-state index is 0.0947. The molecule has 5 nitrogen and oxygen atoms in total. The summed E-state index contributed by atoms with van der Waals surface area (Å²) in [4.78, 5) is 12.0. The standard InChI is InChI=1S/C17H18BrN3O2/c1-11-5-3-4-6-15(11)20-12(2)17(23)21-19-10-13-9-14(18)7-8-16(13)22/h3-10,12,20,22H,1-2H3,(H,21,23)/b19-10-/t12-/m1/s1. The summed E-state index contributed by atoms with van der Waals surface area (Å²) in [5.74, 6) is -0.170. The van der Waals surface area contributed by atoms with E-state index in [2.05, 4.69) is 31.8 Å². The lowest BCUT2D eigenvalue weighted by molar-refractivity contribution is -0.121. The molecule has 0 aliphatic carbocycles. The number of nitrogens with zero attached hydrogens (tertiary/aromatic N) is 1. The molecule has 0 bridgehead atoms. The monoisotopic (exact) mass is 375 g/mol. The molecule has 6 heteroatoms. The number of hydrogen-bond donors (Lipinski definition) is 3. The van der Waals surface area contributed by atoms with Gasteiger partial charge in [0.05, 0.1) is 6.21 Å². The van der Waals surface area contributed by atoms with Gasteiger partial charge in [-0.1, -0.05) is 34.1 Å². The molecule has 0 aliphatic rings. The number of phenolic OH excluding ortho intramolecular Hbond substituents is 1. The molecule has 0 saturated heterocycles. The smallest absolute Gasteiger partial charge is 0.262 e. The zero-order valence-corrected chi connectivity index (χ0v) is 14.5. The number of aromatic hydroxyl groups is 1. The van der Waals surface area contributed by atoms with Gasteiger partial charge in [0.2, 0.25) is 0 Å². The van der Waals surface area contributed by atoms with Crippen LogP contribution in [0.1, 0.15) is 18.1 Å². The summed E-state index contributed by atoms with van der Waals surface area (Å²) in [6.07, 6.45) is 1.40. The van der Waals surface area contributed by atoms with Gasteiger partial charge in [-0.25, -0.2) is 5.43 Å². The van der Waals surface area contributed by atoms with Gasteiger partial charge in [-0.05, 0) is 43.7 Å². The minimum atomic E-state index is -0.440. The van der Waals surface area contributed by atoms with Crippen molar-refractivity contribution in [2.45, 2.75) is 19.9 Å². The average Bonchev–Trinajstić information content (AvgIpc) is 2.52. The number of nitrogens with one attached hydrogen (secondary N) is 2. The Bertz CT molecular complexity index is 732. The van der Waals surface area contributed by atoms with Crippen molar-refractivity contribution in [3.05, 3.63) is 58.1 Å². The Kier molecular flexibility index (Phi) is 5.76. The van der Waals surface area contributed by atoms with Gasteiger partial charge >= 0.3 is 0 Å². The molecule has 0 aromatic heterocycles. The molecule has 120 valence electrons. The molecule has 0 fully saturated rings. The maximum absolute atomic E-state index is 12.0. The second-order valence-electron chi connectivity index (χ2n) is 5.12. The molecule has 23 heavy (non-hydrogen) atoms. The molecule has 0 spiro atoms. The lowest BCUT2D eigenvalue weighted by Crippen LogP contribution is -2.35. The van der Waals surface area contributed by atoms with Crippen LogP contribution < -0.4 is 10.7 Å². The third-order valence-corrected chi connectivity index (χ3v) is 3.77. The highest BCUT2D eigenvalue weighted by Crippen LogP contribution is 2.20. The van der Waals surface area contributed by atoms with E-state index in [1.54, 1.807) is 25.1 Å². The van der Waals surface area contributed by atoms with Gasteiger partial charge in [-0.3, -0.25) is 4.79 Å². The lowest BCUT2D eigenvalue weighted by atomic mass is 10.2. The van der Waals surface area contributed by atoms with Crippen molar-refractivity contribution in [1.29, 1.82) is 0 Å². The highest BCUT2D eigenvalue weighted by atomic mass is 79.9. The molecule has 0 aliphatic heterocycles. The highest BCUT2D eigenvalue weighted by Gasteiger charge is 2.12. The number of halogens is 1. The fourth-order valence-corrected chi connectivity index (χ4v) is 2.30. The fraction of sp³-hybridized carbons (Fsp3) is 0.176. The second-order valence-corrected chi connectivity index (χ2v) is 6.03. The highest BCUT2D eigenvalue weighted by molar-refractivity contribution is 9.10. The summed E-state index contributed by atoms with van der Waals surface area (Å²) in [5.41, 5.74) is 4.94. The van der Waals surface area contributed by atoms with Crippen molar-refractivity contribution in [2.75, 3.05) is 5.32 Å². The van der Waals surface area contributed by atoms with Crippen LogP contribution in [0.2, 0.25) is 0 Å². The van der Waals surface area contributed by atoms with Gasteiger partial charge in [0.1, 0.15) is 11.8 Å². The van der Waals surface area contributed by atoms with E-state index in [0.717, 1.165) is 15.7 Å². The van der Waals surface area contributed by atoms with Crippen LogP contribution in [-0.2, 0) is 4.79 Å². The second kappa shape index (κ2) is 7.78. The van der Waals surface area contributed by atoms with Gasteiger partial charge in [0, 0.05) is 15.7 Å². The topological polar surface area (TPSA) is 73.7 Å². The molecule has 0 saturated carbocycles. The Labute approximate surface area is 143 Å². The number of carbonyl (C=O) groups excluding carboxylic acids is 1. The Morgan fingerprint density at radius 1 is 1.30 bits per heavy atom. The van der Waals surface area contributed by atoms with E-state index in [9.17, 15) is 9.90 Å². The molecule has 0 heterocycles. The predicted octanol–water partition coefficient (Wildman–Crippen LogP) is 3.41. The number of carbonyl (C=O) groups is 1. The van der Waals surface area contributed by atoms with E-state index in [1.807, 2.05) is 31.2 Å². The van der Waals surface area contributed by atoms with Crippen molar-refractivity contribution < 1.29 is 9.90 Å². The van der Waals surface area contributed by atoms with Gasteiger partial charge in [0.15, 0.2) is 0 Å². The first kappa shape index (κ1) is 17.0. The predicted molar refractivity (Wildman–Crippen MR) is 95.8 cm³/mol. The maximum atomic E-state index is 12.0. The van der Waals surface area contributed by atoms with Crippen molar-refractivity contribution >= 4 is 33.7 Å². The molecule has 2 aromatic carbocycles. The summed E-state index contributed by atoms with van der Waals surface area (Å²) in [7, 11) is 0. The van der Waals surface area contributed by atoms with E-state index in [1.165, 1.54) is 6.21 Å². The van der Waals surface area contributed by atoms with E-state index >= 15 is 0 Å². The first-order valence-electron chi connectivity index (χ1n) is 7.11. The van der Waals surface area contributed by atoms with Crippen LogP contribution in [0.15, 0.2) is 52.0 Å². The number of benzene rings is 2. The van der Waals surface area contributed by atoms with Gasteiger partial charge in [-0.2, -0.15) is 5.10 Å². The summed E-state index contributed by atoms with van der Waals surface area (Å²) in [5, 5.41) is 16.7. The summed E-state index contributed by atoms with van der Waals surface area (Å²) in [6, 6.07) is 12.3. The van der Waals surface area contributed by atoms with Gasteiger partial charge < -0.3 is 10.4 Å². The number of hydrogen-bond acceptors (Lipinski definition) is 4. The first-order valence-corrected chi connectivity index (χ1v) is 7.90. The Morgan fingerprint density at radius 2 is 2.04 bits per heavy atom. The van der Waals surface area contributed by atoms with Crippen molar-refractivity contribution in [3.63, 3.8) is 0 Å². The van der Waals surface area contributed by atoms with Crippen LogP contribution in [0.25, 0.3) is 0 Å². The Hall–Kier alpha value is -2.34. The molecule has 1 atom stereocenters. The van der Waals surface area contributed by atoms with Crippen LogP contribution in [0.5, 0.6) is 5.75 Å². The number of para-hydroxylation sites is 1. The van der Waals surface area contributed by atoms with Crippen LogP contribution in [0.3, 0.4) is 0 Å². The number of hydrazone groups is 1. The number of amides is 1. The molecule has 2 rings (SSSR count). The molecule has 3 N–H and O–H groups in total. The molecule has 1 amide bonds. The summed E-state index contributed by atoms with van der Waals surface area (Å²) < 4.78 is 0.817. The van der Waals surface area contributed by atoms with Gasteiger partial charge in [-0.15, -0.1) is 0 Å². The van der Waals surface area contributed by atoms with Crippen molar-refractivity contribution in [3.8, 4) is 5.75 Å². The number of phenols is 1. The third-order valence-electron chi connectivity index (χ3n) is 3.28. The van der Waals surface area contributed by atoms with Gasteiger partial charge in [0.25, 0.3) is 5.91 Å². The Morgan fingerprint density at radius 3 is 2.78 bits per heavy atom. The van der Waals surface area contributed by atoms with E-state index < -0.39 is 6.04 Å². The number of aryl methyl sites for hydroxylation is 1. The number of anilines is 1. The number of rotatable bonds is 5. The molecule has 0 radical (unpaired) electrons. The minimum Gasteiger partial charge on any atom is -0.507 e. The molecule has 0 unspecified atom stereocenters. The summed E-state index contributed by atoms with van der Waals surface area (Å²) in [6.45, 7) is 3.73. The van der Waals surface area contributed by atoms with E-state index in [0.29, 0.717) is 5.56 Å². The van der Waals surface area contributed by atoms with Crippen LogP contribution in [-0.4, -0.2) is 23.3 Å². The first-order chi connectivity index (χ1) is 11.0. The van der Waals surface area contributed by atoms with Crippen LogP contribution >= 0.6 is 15.9 Å². The normalized spacial score (nSPS) is 12.1. The van der Waals surface area contributed by atoms with E-state index in [-0.39, 0.29) is 11.7 Å². The molecular formula is C17H18BrN3O2. The van der Waals surface area contributed by atoms with Crippen LogP contribution in [0, 0.1) is 6.92 Å². The van der Waals surface area contributed by atoms with Crippen molar-refractivity contribution in [1.82, 2.24) is 5.43 Å². The quantitative estimate of drug-likeness (QED) is 0.553. The molecular weight excluding hydrogens is 358 g/mol. The summed E-state index contributed by atoms with van der Waals surface area (Å²) >= 11 is 3.31. The zero-order chi connectivity index (χ0) is 16.8. The Balaban J connectivity index is 1.95.